The summed E-state index contributed by atoms with van der Waals surface area (Å²) < 4.78 is 27.4. The smallest absolute Gasteiger partial charge is 0.165 e. The van der Waals surface area contributed by atoms with E-state index in [9.17, 15) is 8.60 Å². The number of hydrogen-bond acceptors (Lipinski definition) is 5. The van der Waals surface area contributed by atoms with Gasteiger partial charge in [0, 0.05) is 56.5 Å². The van der Waals surface area contributed by atoms with E-state index in [1.54, 1.807) is 23.0 Å². The third-order valence-electron chi connectivity index (χ3n) is 6.46. The molecule has 2 N–H and O–H groups in total. The van der Waals surface area contributed by atoms with E-state index >= 15 is 0 Å². The number of nitrogens with two attached hydrogens (primary N) is 1. The van der Waals surface area contributed by atoms with Crippen LogP contribution in [0.3, 0.4) is 0 Å². The maximum Gasteiger partial charge on any atom is 0.165 e. The second-order valence-corrected chi connectivity index (χ2v) is 10.2. The molecule has 1 saturated heterocycles. The van der Waals surface area contributed by atoms with Crippen LogP contribution in [0.1, 0.15) is 48.8 Å². The summed E-state index contributed by atoms with van der Waals surface area (Å²) >= 11 is 0. The van der Waals surface area contributed by atoms with E-state index < -0.39 is 10.8 Å². The molecule has 0 amide bonds. The van der Waals surface area contributed by atoms with Crippen LogP contribution >= 0.6 is 0 Å². The van der Waals surface area contributed by atoms with Gasteiger partial charge in [0.2, 0.25) is 0 Å². The molecule has 3 aromatic heterocycles. The van der Waals surface area contributed by atoms with Crippen LogP contribution in [0.25, 0.3) is 27.7 Å². The van der Waals surface area contributed by atoms with Gasteiger partial charge in [0.25, 0.3) is 0 Å². The van der Waals surface area contributed by atoms with Gasteiger partial charge in [-0.3, -0.25) is 9.19 Å². The summed E-state index contributed by atoms with van der Waals surface area (Å²) in [5.74, 6) is 2.51. The molecular formula is C23H22FN5OS. The topological polar surface area (TPSA) is 86.2 Å². The Labute approximate surface area is 181 Å². The van der Waals surface area contributed by atoms with Crippen molar-refractivity contribution in [2.75, 3.05) is 17.2 Å². The highest BCUT2D eigenvalue weighted by Gasteiger charge is 2.34. The molecule has 1 aromatic carbocycles. The molecule has 0 atom stereocenters. The lowest BCUT2D eigenvalue weighted by Crippen LogP contribution is -2.20. The van der Waals surface area contributed by atoms with Crippen molar-refractivity contribution < 1.29 is 8.60 Å². The zero-order chi connectivity index (χ0) is 21.1. The van der Waals surface area contributed by atoms with Crippen molar-refractivity contribution in [1.29, 1.82) is 0 Å². The van der Waals surface area contributed by atoms with Crippen LogP contribution in [0.5, 0.6) is 0 Å². The first-order chi connectivity index (χ1) is 15.1. The zero-order valence-electron chi connectivity index (χ0n) is 16.9. The van der Waals surface area contributed by atoms with Crippen molar-refractivity contribution in [3.63, 3.8) is 0 Å². The number of halogens is 1. The molecule has 4 aromatic rings. The average molecular weight is 436 g/mol. The SMILES string of the molecule is Nc1c(C2CC2)c(C2CCS(=O)CC2)nc2c(-c3cnc4ccc(F)cc4c3)cnn12. The highest BCUT2D eigenvalue weighted by molar-refractivity contribution is 7.85. The molecule has 1 saturated carbocycles. The minimum Gasteiger partial charge on any atom is -0.383 e. The van der Waals surface area contributed by atoms with Crippen LogP contribution < -0.4 is 5.73 Å². The van der Waals surface area contributed by atoms with E-state index in [1.807, 2.05) is 6.07 Å². The van der Waals surface area contributed by atoms with Gasteiger partial charge in [-0.1, -0.05) is 0 Å². The van der Waals surface area contributed by atoms with E-state index in [0.29, 0.717) is 28.9 Å². The molecule has 0 bridgehead atoms. The van der Waals surface area contributed by atoms with Gasteiger partial charge in [-0.2, -0.15) is 9.61 Å². The molecule has 0 unspecified atom stereocenters. The Hall–Kier alpha value is -2.87. The van der Waals surface area contributed by atoms with E-state index in [2.05, 4.69) is 10.1 Å². The molecule has 8 heteroatoms. The van der Waals surface area contributed by atoms with E-state index in [-0.39, 0.29) is 11.7 Å². The number of aromatic nitrogens is 4. The first-order valence-corrected chi connectivity index (χ1v) is 12.1. The molecule has 6 rings (SSSR count). The molecule has 0 spiro atoms. The molecule has 158 valence electrons. The minimum atomic E-state index is -0.726. The number of nitrogens with zero attached hydrogens (tertiary/aromatic N) is 4. The lowest BCUT2D eigenvalue weighted by molar-refractivity contribution is 0.587. The van der Waals surface area contributed by atoms with Crippen molar-refractivity contribution in [3.8, 4) is 11.1 Å². The third kappa shape index (κ3) is 3.20. The van der Waals surface area contributed by atoms with Gasteiger partial charge in [0.05, 0.1) is 17.4 Å². The summed E-state index contributed by atoms with van der Waals surface area (Å²) in [6.45, 7) is 0. The van der Waals surface area contributed by atoms with E-state index in [0.717, 1.165) is 59.0 Å². The number of anilines is 1. The van der Waals surface area contributed by atoms with Crippen molar-refractivity contribution >= 4 is 33.2 Å². The fraction of sp³-hybridized carbons (Fsp3) is 0.348. The number of fused-ring (bicyclic) bond motifs is 2. The van der Waals surface area contributed by atoms with Crippen LogP contribution in [-0.2, 0) is 10.8 Å². The largest absolute Gasteiger partial charge is 0.383 e. The van der Waals surface area contributed by atoms with Gasteiger partial charge < -0.3 is 5.73 Å². The number of hydrogen-bond donors (Lipinski definition) is 1. The molecule has 1 aliphatic heterocycles. The standard InChI is InChI=1S/C23H22FN5OS/c24-17-3-4-19-15(10-17)9-16(11-26-19)18-12-27-29-22(25)20(13-1-2-13)21(28-23(18)29)14-5-7-31(30)8-6-14/h3-4,9-14H,1-2,5-8,25H2. The molecule has 6 nitrogen and oxygen atoms in total. The van der Waals surface area contributed by atoms with Gasteiger partial charge in [-0.25, -0.2) is 9.37 Å². The van der Waals surface area contributed by atoms with Gasteiger partial charge in [0.1, 0.15) is 11.6 Å². The molecule has 2 aliphatic rings. The summed E-state index contributed by atoms with van der Waals surface area (Å²) in [7, 11) is -0.726. The second kappa shape index (κ2) is 7.09. The normalized spacial score (nSPS) is 21.7. The molecular weight excluding hydrogens is 413 g/mol. The van der Waals surface area contributed by atoms with Crippen LogP contribution in [0, 0.1) is 5.82 Å². The number of pyridine rings is 1. The number of rotatable bonds is 3. The molecule has 1 aliphatic carbocycles. The summed E-state index contributed by atoms with van der Waals surface area (Å²) in [5.41, 5.74) is 11.9. The van der Waals surface area contributed by atoms with Crippen molar-refractivity contribution in [3.05, 3.63) is 53.7 Å². The Balaban J connectivity index is 1.53. The highest BCUT2D eigenvalue weighted by Crippen LogP contribution is 2.47. The first kappa shape index (κ1) is 18.9. The average Bonchev–Trinajstić information content (AvgIpc) is 3.51. The lowest BCUT2D eigenvalue weighted by atomic mass is 9.92. The van der Waals surface area contributed by atoms with Gasteiger partial charge in [0.15, 0.2) is 5.65 Å². The predicted molar refractivity (Wildman–Crippen MR) is 120 cm³/mol. The lowest BCUT2D eigenvalue weighted by Gasteiger charge is -2.24. The van der Waals surface area contributed by atoms with Gasteiger partial charge >= 0.3 is 0 Å². The molecule has 31 heavy (non-hydrogen) atoms. The molecule has 4 heterocycles. The van der Waals surface area contributed by atoms with Crippen LogP contribution in [0.15, 0.2) is 36.7 Å². The van der Waals surface area contributed by atoms with Gasteiger partial charge in [-0.15, -0.1) is 0 Å². The zero-order valence-corrected chi connectivity index (χ0v) is 17.7. The summed E-state index contributed by atoms with van der Waals surface area (Å²) in [6, 6.07) is 6.49. The fourth-order valence-electron chi connectivity index (χ4n) is 4.67. The number of nitrogen functional groups attached to an aromatic ring is 1. The third-order valence-corrected chi connectivity index (χ3v) is 7.85. The highest BCUT2D eigenvalue weighted by atomic mass is 32.2. The maximum absolute atomic E-state index is 13.7. The van der Waals surface area contributed by atoms with Crippen LogP contribution in [0.2, 0.25) is 0 Å². The fourth-order valence-corrected chi connectivity index (χ4v) is 5.97. The first-order valence-electron chi connectivity index (χ1n) is 10.7. The Bertz CT molecular complexity index is 1350. The number of benzene rings is 1. The Kier molecular flexibility index (Phi) is 4.31. The second-order valence-electron chi connectivity index (χ2n) is 8.55. The van der Waals surface area contributed by atoms with Crippen molar-refractivity contribution in [2.24, 2.45) is 0 Å². The van der Waals surface area contributed by atoms with E-state index in [1.165, 1.54) is 12.1 Å². The molecule has 0 radical (unpaired) electrons. The Morgan fingerprint density at radius 1 is 1.06 bits per heavy atom. The molecule has 2 fully saturated rings. The predicted octanol–water partition coefficient (Wildman–Crippen LogP) is 4.17. The monoisotopic (exact) mass is 435 g/mol. The Morgan fingerprint density at radius 3 is 2.65 bits per heavy atom. The van der Waals surface area contributed by atoms with Crippen molar-refractivity contribution in [1.82, 2.24) is 19.6 Å². The van der Waals surface area contributed by atoms with E-state index in [4.69, 9.17) is 10.7 Å². The summed E-state index contributed by atoms with van der Waals surface area (Å²) in [4.78, 5) is 9.59. The quantitative estimate of drug-likeness (QED) is 0.522. The van der Waals surface area contributed by atoms with Gasteiger partial charge in [-0.05, 0) is 55.9 Å². The summed E-state index contributed by atoms with van der Waals surface area (Å²) in [5, 5.41) is 5.27. The minimum absolute atomic E-state index is 0.271. The Morgan fingerprint density at radius 2 is 1.87 bits per heavy atom. The van der Waals surface area contributed by atoms with Crippen molar-refractivity contribution in [2.45, 2.75) is 37.5 Å². The van der Waals surface area contributed by atoms with Crippen LogP contribution in [-0.4, -0.2) is 35.3 Å². The van der Waals surface area contributed by atoms with Crippen LogP contribution in [0.4, 0.5) is 10.2 Å². The summed E-state index contributed by atoms with van der Waals surface area (Å²) in [6.07, 6.45) is 7.52. The maximum atomic E-state index is 13.7.